The number of aromatic nitrogens is 2. The van der Waals surface area contributed by atoms with Crippen LogP contribution in [-0.2, 0) is 13.0 Å². The molecule has 0 spiro atoms. The van der Waals surface area contributed by atoms with E-state index in [9.17, 15) is 0 Å². The van der Waals surface area contributed by atoms with Crippen molar-refractivity contribution in [1.29, 1.82) is 0 Å². The second-order valence-electron chi connectivity index (χ2n) is 4.01. The normalized spacial score (nSPS) is 10.4. The second-order valence-corrected chi connectivity index (χ2v) is 4.01. The molecule has 4 nitrogen and oxygen atoms in total. The molecule has 0 saturated carbocycles. The number of ether oxygens (including phenoxy) is 1. The van der Waals surface area contributed by atoms with Crippen LogP contribution in [0, 0.1) is 6.92 Å². The highest BCUT2D eigenvalue weighted by Crippen LogP contribution is 2.26. The van der Waals surface area contributed by atoms with Crippen LogP contribution < -0.4 is 10.5 Å². The van der Waals surface area contributed by atoms with Gasteiger partial charge >= 0.3 is 0 Å². The predicted molar refractivity (Wildman–Crippen MR) is 70.6 cm³/mol. The number of nitrogens with two attached hydrogens (primary N) is 1. The minimum absolute atomic E-state index is 0.358. The van der Waals surface area contributed by atoms with Crippen molar-refractivity contribution in [3.8, 4) is 11.5 Å². The van der Waals surface area contributed by atoms with Crippen LogP contribution in [0.5, 0.6) is 11.5 Å². The predicted octanol–water partition coefficient (Wildman–Crippen LogP) is 2.60. The third-order valence-electron chi connectivity index (χ3n) is 2.67. The van der Waals surface area contributed by atoms with Crippen LogP contribution in [0.3, 0.4) is 0 Å². The van der Waals surface area contributed by atoms with Crippen molar-refractivity contribution in [3.63, 3.8) is 0 Å². The van der Waals surface area contributed by atoms with Gasteiger partial charge in [-0.3, -0.25) is 9.97 Å². The summed E-state index contributed by atoms with van der Waals surface area (Å²) in [6.07, 6.45) is 2.54. The first-order valence-electron chi connectivity index (χ1n) is 6.03. The second kappa shape index (κ2) is 5.60. The van der Waals surface area contributed by atoms with E-state index < -0.39 is 0 Å². The van der Waals surface area contributed by atoms with Gasteiger partial charge in [-0.15, -0.1) is 0 Å². The molecule has 0 aliphatic heterocycles. The zero-order valence-corrected chi connectivity index (χ0v) is 10.7. The number of hydrogen-bond acceptors (Lipinski definition) is 4. The fourth-order valence-corrected chi connectivity index (χ4v) is 1.73. The van der Waals surface area contributed by atoms with E-state index in [4.69, 9.17) is 10.5 Å². The van der Waals surface area contributed by atoms with E-state index in [1.165, 1.54) is 0 Å². The minimum atomic E-state index is 0.358. The summed E-state index contributed by atoms with van der Waals surface area (Å²) >= 11 is 0. The molecule has 2 aromatic rings. The monoisotopic (exact) mass is 243 g/mol. The van der Waals surface area contributed by atoms with Crippen LogP contribution in [-0.4, -0.2) is 9.97 Å². The molecule has 0 saturated heterocycles. The maximum absolute atomic E-state index is 5.87. The van der Waals surface area contributed by atoms with Crippen molar-refractivity contribution < 1.29 is 4.74 Å². The van der Waals surface area contributed by atoms with E-state index in [1.807, 2.05) is 31.2 Å². The summed E-state index contributed by atoms with van der Waals surface area (Å²) in [6.45, 7) is 4.39. The molecule has 0 amide bonds. The third kappa shape index (κ3) is 2.65. The zero-order valence-electron chi connectivity index (χ0n) is 10.7. The fourth-order valence-electron chi connectivity index (χ4n) is 1.73. The molecule has 0 atom stereocenters. The maximum atomic E-state index is 5.87. The van der Waals surface area contributed by atoms with Crippen molar-refractivity contribution >= 4 is 0 Å². The molecule has 18 heavy (non-hydrogen) atoms. The SMILES string of the molecule is CCc1nc(C)ccc1Oc1cccnc1CN. The lowest BCUT2D eigenvalue weighted by molar-refractivity contribution is 0.463. The summed E-state index contributed by atoms with van der Waals surface area (Å²) in [7, 11) is 0. The molecule has 2 heterocycles. The average molecular weight is 243 g/mol. The Hall–Kier alpha value is -1.94. The Kier molecular flexibility index (Phi) is 3.89. The lowest BCUT2D eigenvalue weighted by Crippen LogP contribution is -2.03. The molecular formula is C14H17N3O. The molecule has 0 aliphatic carbocycles. The van der Waals surface area contributed by atoms with E-state index in [2.05, 4.69) is 16.9 Å². The summed E-state index contributed by atoms with van der Waals surface area (Å²) in [5, 5.41) is 0. The zero-order chi connectivity index (χ0) is 13.0. The number of rotatable bonds is 4. The topological polar surface area (TPSA) is 61.0 Å². The highest BCUT2D eigenvalue weighted by atomic mass is 16.5. The Balaban J connectivity index is 2.33. The molecule has 0 fully saturated rings. The van der Waals surface area contributed by atoms with E-state index in [0.29, 0.717) is 12.3 Å². The number of pyridine rings is 2. The van der Waals surface area contributed by atoms with Gasteiger partial charge in [-0.25, -0.2) is 0 Å². The average Bonchev–Trinajstić information content (AvgIpc) is 2.41. The van der Waals surface area contributed by atoms with Gasteiger partial charge in [0.15, 0.2) is 0 Å². The van der Waals surface area contributed by atoms with Crippen LogP contribution >= 0.6 is 0 Å². The first kappa shape index (κ1) is 12.5. The lowest BCUT2D eigenvalue weighted by Gasteiger charge is -2.12. The Morgan fingerprint density at radius 1 is 1.17 bits per heavy atom. The van der Waals surface area contributed by atoms with Crippen LogP contribution in [0.1, 0.15) is 24.0 Å². The Morgan fingerprint density at radius 3 is 2.67 bits per heavy atom. The Morgan fingerprint density at radius 2 is 1.94 bits per heavy atom. The first-order chi connectivity index (χ1) is 8.74. The molecule has 94 valence electrons. The van der Waals surface area contributed by atoms with Gasteiger partial charge in [-0.05, 0) is 37.6 Å². The summed E-state index contributed by atoms with van der Waals surface area (Å²) in [5.74, 6) is 1.46. The quantitative estimate of drug-likeness (QED) is 0.896. The van der Waals surface area contributed by atoms with Crippen LogP contribution in [0.4, 0.5) is 0 Å². The Labute approximate surface area is 107 Å². The van der Waals surface area contributed by atoms with Gasteiger partial charge in [0.2, 0.25) is 0 Å². The molecule has 4 heteroatoms. The van der Waals surface area contributed by atoms with Gasteiger partial charge < -0.3 is 10.5 Å². The van der Waals surface area contributed by atoms with Gasteiger partial charge in [0.1, 0.15) is 11.5 Å². The third-order valence-corrected chi connectivity index (χ3v) is 2.67. The minimum Gasteiger partial charge on any atom is -0.453 e. The molecule has 2 N–H and O–H groups in total. The molecule has 2 aromatic heterocycles. The van der Waals surface area contributed by atoms with Gasteiger partial charge in [-0.1, -0.05) is 6.92 Å². The van der Waals surface area contributed by atoms with Crippen molar-refractivity contribution in [2.75, 3.05) is 0 Å². The fraction of sp³-hybridized carbons (Fsp3) is 0.286. The molecule has 2 rings (SSSR count). The van der Waals surface area contributed by atoms with Gasteiger partial charge in [-0.2, -0.15) is 0 Å². The van der Waals surface area contributed by atoms with Crippen LogP contribution in [0.2, 0.25) is 0 Å². The lowest BCUT2D eigenvalue weighted by atomic mass is 10.2. The molecule has 0 aromatic carbocycles. The summed E-state index contributed by atoms with van der Waals surface area (Å²) in [5.41, 5.74) is 8.33. The van der Waals surface area contributed by atoms with Crippen molar-refractivity contribution in [3.05, 3.63) is 47.5 Å². The smallest absolute Gasteiger partial charge is 0.150 e. The van der Waals surface area contributed by atoms with E-state index in [-0.39, 0.29) is 0 Å². The molecule has 0 bridgehead atoms. The van der Waals surface area contributed by atoms with Crippen molar-refractivity contribution in [2.45, 2.75) is 26.8 Å². The summed E-state index contributed by atoms with van der Waals surface area (Å²) in [6, 6.07) is 7.58. The van der Waals surface area contributed by atoms with E-state index in [1.54, 1.807) is 6.20 Å². The van der Waals surface area contributed by atoms with E-state index in [0.717, 1.165) is 29.3 Å². The number of hydrogen-bond donors (Lipinski definition) is 1. The van der Waals surface area contributed by atoms with E-state index >= 15 is 0 Å². The van der Waals surface area contributed by atoms with Crippen molar-refractivity contribution in [2.24, 2.45) is 5.73 Å². The van der Waals surface area contributed by atoms with Gasteiger partial charge in [0.25, 0.3) is 0 Å². The van der Waals surface area contributed by atoms with Crippen molar-refractivity contribution in [1.82, 2.24) is 9.97 Å². The van der Waals surface area contributed by atoms with Crippen LogP contribution in [0.15, 0.2) is 30.5 Å². The molecule has 0 unspecified atom stereocenters. The molecule has 0 radical (unpaired) electrons. The van der Waals surface area contributed by atoms with Gasteiger partial charge in [0, 0.05) is 18.4 Å². The standard InChI is InChI=1S/C14H17N3O/c1-3-11-14(7-6-10(2)17-11)18-13-5-4-8-16-12(13)9-15/h4-8H,3,9,15H2,1-2H3. The molecular weight excluding hydrogens is 226 g/mol. The summed E-state index contributed by atoms with van der Waals surface area (Å²) in [4.78, 5) is 8.66. The highest BCUT2D eigenvalue weighted by Gasteiger charge is 2.08. The number of aryl methyl sites for hydroxylation is 2. The molecule has 0 aliphatic rings. The maximum Gasteiger partial charge on any atom is 0.150 e. The number of nitrogens with zero attached hydrogens (tertiary/aromatic N) is 2. The summed E-state index contributed by atoms with van der Waals surface area (Å²) < 4.78 is 5.87. The highest BCUT2D eigenvalue weighted by molar-refractivity contribution is 5.37. The Bertz CT molecular complexity index is 540. The van der Waals surface area contributed by atoms with Crippen LogP contribution in [0.25, 0.3) is 0 Å². The first-order valence-corrected chi connectivity index (χ1v) is 6.03. The van der Waals surface area contributed by atoms with Gasteiger partial charge in [0.05, 0.1) is 11.4 Å². The largest absolute Gasteiger partial charge is 0.453 e.